The van der Waals surface area contributed by atoms with Crippen LogP contribution in [0.5, 0.6) is 17.2 Å². The van der Waals surface area contributed by atoms with Gasteiger partial charge in [-0.15, -0.1) is 17.2 Å². The normalized spacial score (nSPS) is 11.8. The number of unbranched alkanes of at least 4 members (excludes halogenated alkanes) is 1. The van der Waals surface area contributed by atoms with E-state index in [1.165, 1.54) is 42.4 Å². The van der Waals surface area contributed by atoms with Crippen molar-refractivity contribution in [3.63, 3.8) is 0 Å². The van der Waals surface area contributed by atoms with Crippen molar-refractivity contribution >= 4 is 0 Å². The summed E-state index contributed by atoms with van der Waals surface area (Å²) < 4.78 is 1.58. The van der Waals surface area contributed by atoms with Gasteiger partial charge in [0.25, 0.3) is 0 Å². The Morgan fingerprint density at radius 1 is 0.443 bits per heavy atom. The Hall–Kier alpha value is -5.21. The largest absolute Gasteiger partial charge is 0.872 e. The minimum Gasteiger partial charge on any atom is -0.872 e. The molecular weight excluding hydrogens is 786 g/mol. The molecule has 314 valence electrons. The molecule has 0 amide bonds. The van der Waals surface area contributed by atoms with Gasteiger partial charge < -0.3 is 30.0 Å². The third-order valence-electron chi connectivity index (χ3n) is 9.87. The zero-order valence-electron chi connectivity index (χ0n) is 37.0. The summed E-state index contributed by atoms with van der Waals surface area (Å²) in [6, 6.07) is 45.7. The van der Waals surface area contributed by atoms with Gasteiger partial charge >= 0.3 is 74.6 Å². The van der Waals surface area contributed by atoms with Gasteiger partial charge in [-0.1, -0.05) is 146 Å². The Bertz CT molecular complexity index is 2090. The van der Waals surface area contributed by atoms with E-state index in [-0.39, 0.29) is 17.2 Å². The van der Waals surface area contributed by atoms with E-state index in [9.17, 15) is 15.3 Å². The summed E-state index contributed by atoms with van der Waals surface area (Å²) in [5.74, 6) is 0.246. The summed E-state index contributed by atoms with van der Waals surface area (Å²) in [6.45, 7) is 4.76. The minimum absolute atomic E-state index is 0.0821. The fraction of sp³-hybridized carbons (Fsp3) is 0.259. The molecule has 0 radical (unpaired) electrons. The molecule has 0 fully saturated rings. The van der Waals surface area contributed by atoms with Crippen molar-refractivity contribution in [3.8, 4) is 50.6 Å². The van der Waals surface area contributed by atoms with Crippen molar-refractivity contribution in [2.75, 3.05) is 42.3 Å². The summed E-state index contributed by atoms with van der Waals surface area (Å²) in [4.78, 5) is 6.31. The molecule has 0 atom stereocenters. The second-order valence-corrected chi connectivity index (χ2v) is 16.8. The van der Waals surface area contributed by atoms with Gasteiger partial charge in [0.2, 0.25) is 0 Å². The standard InChI is InChI=1S/3C15H17NO.C9H13.Ti/c3*1-16(2)11-12-7-3-4-8-13(12)14-9-5-6-10-15(14)17;1-2-3-6-9-7-4-5-8-9;/h3*3-10,17H,11H2,1-2H3;4,7H,2-3,5-6H2,1H3;/q;;;;+3/p-3. The van der Waals surface area contributed by atoms with E-state index < -0.39 is 0 Å². The molecular formula is C54H61N3O3Ti. The fourth-order valence-electron chi connectivity index (χ4n) is 7.00. The second kappa shape index (κ2) is 25.5. The first kappa shape index (κ1) is 48.5. The third kappa shape index (κ3) is 15.6. The molecule has 0 spiro atoms. The number of rotatable bonds is 12. The number of nitrogens with zero attached hydrogens (tertiary/aromatic N) is 3. The van der Waals surface area contributed by atoms with Crippen LogP contribution in [0.3, 0.4) is 0 Å². The van der Waals surface area contributed by atoms with Crippen LogP contribution in [0.2, 0.25) is 0 Å². The van der Waals surface area contributed by atoms with Gasteiger partial charge in [-0.05, 0) is 92.4 Å². The zero-order chi connectivity index (χ0) is 44.1. The molecule has 0 saturated carbocycles. The first-order chi connectivity index (χ1) is 29.4. The van der Waals surface area contributed by atoms with Crippen molar-refractivity contribution in [3.05, 3.63) is 184 Å². The van der Waals surface area contributed by atoms with E-state index in [2.05, 4.69) is 72.4 Å². The first-order valence-electron chi connectivity index (χ1n) is 21.0. The Kier molecular flexibility index (Phi) is 20.3. The minimum atomic E-state index is 0.0821. The van der Waals surface area contributed by atoms with Gasteiger partial charge in [-0.2, -0.15) is 0 Å². The zero-order valence-corrected chi connectivity index (χ0v) is 38.6. The molecule has 0 unspecified atom stereocenters. The van der Waals surface area contributed by atoms with Crippen LogP contribution < -0.4 is 15.3 Å². The van der Waals surface area contributed by atoms with Gasteiger partial charge in [0.05, 0.1) is 0 Å². The molecule has 7 rings (SSSR count). The third-order valence-corrected chi connectivity index (χ3v) is 10.7. The van der Waals surface area contributed by atoms with Gasteiger partial charge in [-0.25, -0.2) is 0 Å². The van der Waals surface area contributed by atoms with Crippen LogP contribution in [0.25, 0.3) is 33.4 Å². The molecule has 0 heterocycles. The maximum absolute atomic E-state index is 11.8. The van der Waals surface area contributed by atoms with E-state index in [1.807, 2.05) is 133 Å². The first-order valence-corrected chi connectivity index (χ1v) is 21.7. The monoisotopic (exact) mass is 847 g/mol. The topological polar surface area (TPSA) is 78.9 Å². The Morgan fingerprint density at radius 3 is 1.00 bits per heavy atom. The van der Waals surface area contributed by atoms with E-state index in [0.29, 0.717) is 0 Å². The molecule has 6 aromatic carbocycles. The number of hydrogen-bond donors (Lipinski definition) is 0. The molecule has 6 aromatic rings. The van der Waals surface area contributed by atoms with Crippen LogP contribution in [0.1, 0.15) is 49.3 Å². The number of benzene rings is 6. The van der Waals surface area contributed by atoms with E-state index in [4.69, 9.17) is 0 Å². The molecule has 6 nitrogen and oxygen atoms in total. The van der Waals surface area contributed by atoms with Crippen LogP contribution >= 0.6 is 0 Å². The van der Waals surface area contributed by atoms with E-state index >= 15 is 0 Å². The molecule has 0 aromatic heterocycles. The van der Waals surface area contributed by atoms with Crippen LogP contribution in [0.4, 0.5) is 0 Å². The fourth-order valence-corrected chi connectivity index (χ4v) is 7.51. The van der Waals surface area contributed by atoms with Crippen molar-refractivity contribution < 1.29 is 35.8 Å². The quantitative estimate of drug-likeness (QED) is 0.114. The average Bonchev–Trinajstić information content (AvgIpc) is 3.65. The molecule has 7 heteroatoms. The molecule has 1 aliphatic rings. The predicted molar refractivity (Wildman–Crippen MR) is 246 cm³/mol. The summed E-state index contributed by atoms with van der Waals surface area (Å²) in [5, 5.41) is 35.5. The summed E-state index contributed by atoms with van der Waals surface area (Å²) >= 11 is 2.24. The second-order valence-electron chi connectivity index (χ2n) is 15.9. The summed E-state index contributed by atoms with van der Waals surface area (Å²) in [6.07, 6.45) is 9.69. The van der Waals surface area contributed by atoms with Crippen LogP contribution in [-0.2, 0) is 40.1 Å². The maximum atomic E-state index is 11.8. The maximum Gasteiger partial charge on any atom is 0.0233 e. The average molecular weight is 848 g/mol. The van der Waals surface area contributed by atoms with E-state index in [0.717, 1.165) is 53.0 Å². The molecule has 61 heavy (non-hydrogen) atoms. The van der Waals surface area contributed by atoms with Crippen LogP contribution in [0, 0.1) is 0 Å². The SMILES string of the molecule is CCCCC1=[C]([Ti+3])CC=C1.CN(C)Cc1ccccc1-c1ccccc1[O-].CN(C)Cc1ccccc1-c1ccccc1[O-].CN(C)Cc1ccccc1-c1ccccc1[O-]. The van der Waals surface area contributed by atoms with Gasteiger partial charge in [0, 0.05) is 19.6 Å². The van der Waals surface area contributed by atoms with Crippen LogP contribution in [-0.4, -0.2) is 57.0 Å². The van der Waals surface area contributed by atoms with Gasteiger partial charge in [0.1, 0.15) is 0 Å². The Labute approximate surface area is 377 Å². The van der Waals surface area contributed by atoms with Crippen molar-refractivity contribution in [1.82, 2.24) is 14.7 Å². The molecule has 0 N–H and O–H groups in total. The molecule has 0 saturated heterocycles. The number of hydrogen-bond acceptors (Lipinski definition) is 6. The predicted octanol–water partition coefficient (Wildman–Crippen LogP) is 10.4. The number of para-hydroxylation sites is 3. The molecule has 1 aliphatic carbocycles. The van der Waals surface area contributed by atoms with Crippen LogP contribution in [0.15, 0.2) is 167 Å². The molecule has 0 bridgehead atoms. The summed E-state index contributed by atoms with van der Waals surface area (Å²) in [7, 11) is 12.2. The Morgan fingerprint density at radius 2 is 0.738 bits per heavy atom. The smallest absolute Gasteiger partial charge is 0.0233 e. The van der Waals surface area contributed by atoms with Crippen molar-refractivity contribution in [1.29, 1.82) is 0 Å². The van der Waals surface area contributed by atoms with Gasteiger partial charge in [0.15, 0.2) is 0 Å². The molecule has 0 aliphatic heterocycles. The number of allylic oxidation sites excluding steroid dienone is 4. The van der Waals surface area contributed by atoms with E-state index in [1.54, 1.807) is 45.8 Å². The summed E-state index contributed by atoms with van der Waals surface area (Å²) in [5.41, 5.74) is 10.6. The van der Waals surface area contributed by atoms with Crippen molar-refractivity contribution in [2.24, 2.45) is 0 Å². The van der Waals surface area contributed by atoms with Gasteiger partial charge in [-0.3, -0.25) is 0 Å². The Balaban J connectivity index is 0.000000182. The van der Waals surface area contributed by atoms with Crippen molar-refractivity contribution in [2.45, 2.75) is 52.2 Å².